The van der Waals surface area contributed by atoms with Gasteiger partial charge in [0, 0.05) is 37.1 Å². The van der Waals surface area contributed by atoms with Crippen LogP contribution in [0.15, 0.2) is 34.7 Å². The highest BCUT2D eigenvalue weighted by Crippen LogP contribution is 2.29. The summed E-state index contributed by atoms with van der Waals surface area (Å²) in [5, 5.41) is 5.70. The van der Waals surface area contributed by atoms with Crippen molar-refractivity contribution in [1.82, 2.24) is 14.6 Å². The molecule has 0 atom stereocenters. The number of aromatic nitrogens is 1. The number of hydrogen-bond acceptors (Lipinski definition) is 5. The lowest BCUT2D eigenvalue weighted by molar-refractivity contribution is 0.359. The average molecular weight is 323 g/mol. The summed E-state index contributed by atoms with van der Waals surface area (Å²) in [6.45, 7) is 4.38. The monoisotopic (exact) mass is 323 g/mol. The van der Waals surface area contributed by atoms with Crippen LogP contribution in [0.25, 0.3) is 10.6 Å². The summed E-state index contributed by atoms with van der Waals surface area (Å²) < 4.78 is 26.6. The minimum Gasteiger partial charge on any atom is -0.314 e. The molecule has 7 heteroatoms. The van der Waals surface area contributed by atoms with Gasteiger partial charge in [-0.05, 0) is 12.5 Å². The first-order valence-corrected chi connectivity index (χ1v) is 9.13. The molecule has 0 unspecified atom stereocenters. The molecule has 1 aliphatic heterocycles. The van der Waals surface area contributed by atoms with E-state index < -0.39 is 10.0 Å². The predicted molar refractivity (Wildman–Crippen MR) is 83.9 cm³/mol. The van der Waals surface area contributed by atoms with E-state index in [0.29, 0.717) is 26.2 Å². The maximum atomic E-state index is 12.6. The van der Waals surface area contributed by atoms with Crippen LogP contribution < -0.4 is 5.32 Å². The molecule has 112 valence electrons. The Balaban J connectivity index is 1.93. The van der Waals surface area contributed by atoms with Crippen LogP contribution in [0.5, 0.6) is 0 Å². The Labute approximate surface area is 128 Å². The van der Waals surface area contributed by atoms with Crippen LogP contribution in [0, 0.1) is 6.92 Å². The molecule has 1 aromatic carbocycles. The van der Waals surface area contributed by atoms with Crippen LogP contribution >= 0.6 is 11.3 Å². The number of nitrogens with one attached hydrogen (secondary N) is 1. The zero-order valence-corrected chi connectivity index (χ0v) is 13.4. The summed E-state index contributed by atoms with van der Waals surface area (Å²) in [6.07, 6.45) is 0. The van der Waals surface area contributed by atoms with E-state index in [2.05, 4.69) is 10.3 Å². The van der Waals surface area contributed by atoms with Crippen molar-refractivity contribution in [3.8, 4) is 10.6 Å². The second-order valence-corrected chi connectivity index (χ2v) is 7.70. The van der Waals surface area contributed by atoms with Gasteiger partial charge in [-0.25, -0.2) is 13.4 Å². The van der Waals surface area contributed by atoms with E-state index in [1.54, 1.807) is 5.38 Å². The number of nitrogens with zero attached hydrogens (tertiary/aromatic N) is 2. The molecule has 1 saturated heterocycles. The van der Waals surface area contributed by atoms with Crippen molar-refractivity contribution in [3.63, 3.8) is 0 Å². The first kappa shape index (κ1) is 14.6. The third-order valence-corrected chi connectivity index (χ3v) is 6.35. The molecular formula is C14H17N3O2S2. The van der Waals surface area contributed by atoms with Crippen molar-refractivity contribution >= 4 is 21.4 Å². The lowest BCUT2D eigenvalue weighted by atomic mass is 10.1. The average Bonchev–Trinajstić information content (AvgIpc) is 2.99. The highest BCUT2D eigenvalue weighted by atomic mass is 32.2. The highest BCUT2D eigenvalue weighted by Gasteiger charge is 2.28. The van der Waals surface area contributed by atoms with Crippen molar-refractivity contribution in [2.75, 3.05) is 26.2 Å². The molecule has 21 heavy (non-hydrogen) atoms. The minimum absolute atomic E-state index is 0.160. The van der Waals surface area contributed by atoms with Gasteiger partial charge < -0.3 is 5.32 Å². The summed E-state index contributed by atoms with van der Waals surface area (Å²) in [5.74, 6) is 0. The molecule has 1 fully saturated rings. The molecule has 0 aliphatic carbocycles. The fourth-order valence-electron chi connectivity index (χ4n) is 2.33. The van der Waals surface area contributed by atoms with Gasteiger partial charge in [-0.2, -0.15) is 4.31 Å². The summed E-state index contributed by atoms with van der Waals surface area (Å²) in [6, 6.07) is 7.87. The molecule has 0 saturated carbocycles. The molecule has 0 radical (unpaired) electrons. The molecular weight excluding hydrogens is 306 g/mol. The molecule has 0 spiro atoms. The van der Waals surface area contributed by atoms with Gasteiger partial charge in [-0.3, -0.25) is 0 Å². The quantitative estimate of drug-likeness (QED) is 0.934. The van der Waals surface area contributed by atoms with Crippen LogP contribution in [-0.2, 0) is 10.0 Å². The van der Waals surface area contributed by atoms with Crippen LogP contribution in [0.2, 0.25) is 0 Å². The molecule has 2 heterocycles. The first-order chi connectivity index (χ1) is 10.1. The third kappa shape index (κ3) is 2.87. The number of benzene rings is 1. The standard InChI is InChI=1S/C14H17N3O2S2/c1-11-4-2-3-5-12(11)14-16-13(10-20-14)21(18,19)17-8-6-15-7-9-17/h2-5,10,15H,6-9H2,1H3. The maximum Gasteiger partial charge on any atom is 0.261 e. The van der Waals surface area contributed by atoms with Crippen LogP contribution in [-0.4, -0.2) is 43.9 Å². The van der Waals surface area contributed by atoms with E-state index in [-0.39, 0.29) is 5.03 Å². The normalized spacial score (nSPS) is 17.0. The number of aryl methyl sites for hydroxylation is 1. The summed E-state index contributed by atoms with van der Waals surface area (Å²) in [7, 11) is -3.47. The molecule has 5 nitrogen and oxygen atoms in total. The third-order valence-electron chi connectivity index (χ3n) is 3.54. The zero-order chi connectivity index (χ0) is 14.9. The highest BCUT2D eigenvalue weighted by molar-refractivity contribution is 7.89. The molecule has 0 bridgehead atoms. The Kier molecular flexibility index (Phi) is 4.08. The van der Waals surface area contributed by atoms with E-state index in [1.165, 1.54) is 15.6 Å². The van der Waals surface area contributed by atoms with Crippen molar-refractivity contribution < 1.29 is 8.42 Å². The van der Waals surface area contributed by atoms with Crippen molar-refractivity contribution in [2.45, 2.75) is 11.9 Å². The molecule has 3 rings (SSSR count). The maximum absolute atomic E-state index is 12.6. The summed E-state index contributed by atoms with van der Waals surface area (Å²) >= 11 is 1.38. The van der Waals surface area contributed by atoms with Gasteiger partial charge in [0.25, 0.3) is 10.0 Å². The number of piperazine rings is 1. The molecule has 1 aliphatic rings. The fourth-order valence-corrected chi connectivity index (χ4v) is 4.93. The van der Waals surface area contributed by atoms with E-state index in [0.717, 1.165) is 16.1 Å². The lowest BCUT2D eigenvalue weighted by Gasteiger charge is -2.25. The zero-order valence-electron chi connectivity index (χ0n) is 11.7. The Bertz CT molecular complexity index is 734. The lowest BCUT2D eigenvalue weighted by Crippen LogP contribution is -2.46. The minimum atomic E-state index is -3.47. The second kappa shape index (κ2) is 5.84. The van der Waals surface area contributed by atoms with Gasteiger partial charge in [0.15, 0.2) is 5.03 Å². The number of thiazole rings is 1. The number of rotatable bonds is 3. The number of sulfonamides is 1. The van der Waals surface area contributed by atoms with Gasteiger partial charge in [0.1, 0.15) is 5.01 Å². The first-order valence-electron chi connectivity index (χ1n) is 6.81. The largest absolute Gasteiger partial charge is 0.314 e. The Morgan fingerprint density at radius 3 is 2.67 bits per heavy atom. The topological polar surface area (TPSA) is 62.3 Å². The van der Waals surface area contributed by atoms with E-state index in [1.807, 2.05) is 31.2 Å². The smallest absolute Gasteiger partial charge is 0.261 e. The van der Waals surface area contributed by atoms with Gasteiger partial charge >= 0.3 is 0 Å². The van der Waals surface area contributed by atoms with Crippen LogP contribution in [0.4, 0.5) is 0 Å². The molecule has 1 aromatic heterocycles. The van der Waals surface area contributed by atoms with E-state index >= 15 is 0 Å². The predicted octanol–water partition coefficient (Wildman–Crippen LogP) is 1.71. The fraction of sp³-hybridized carbons (Fsp3) is 0.357. The van der Waals surface area contributed by atoms with E-state index in [4.69, 9.17) is 0 Å². The Morgan fingerprint density at radius 1 is 1.24 bits per heavy atom. The van der Waals surface area contributed by atoms with Crippen LogP contribution in [0.3, 0.4) is 0 Å². The Morgan fingerprint density at radius 2 is 1.95 bits per heavy atom. The van der Waals surface area contributed by atoms with Gasteiger partial charge in [-0.15, -0.1) is 11.3 Å². The SMILES string of the molecule is Cc1ccccc1-c1nc(S(=O)(=O)N2CCNCC2)cs1. The molecule has 0 amide bonds. The van der Waals surface area contributed by atoms with E-state index in [9.17, 15) is 8.42 Å². The molecule has 2 aromatic rings. The Hall–Kier alpha value is -1.28. The summed E-state index contributed by atoms with van der Waals surface area (Å²) in [5.41, 5.74) is 2.09. The summed E-state index contributed by atoms with van der Waals surface area (Å²) in [4.78, 5) is 4.36. The van der Waals surface area contributed by atoms with Gasteiger partial charge in [-0.1, -0.05) is 24.3 Å². The van der Waals surface area contributed by atoms with Crippen LogP contribution in [0.1, 0.15) is 5.56 Å². The molecule has 1 N–H and O–H groups in total. The van der Waals surface area contributed by atoms with Crippen molar-refractivity contribution in [1.29, 1.82) is 0 Å². The number of hydrogen-bond donors (Lipinski definition) is 1. The second-order valence-electron chi connectivity index (χ2n) is 4.96. The van der Waals surface area contributed by atoms with Gasteiger partial charge in [0.05, 0.1) is 0 Å². The van der Waals surface area contributed by atoms with Crippen molar-refractivity contribution in [2.24, 2.45) is 0 Å². The van der Waals surface area contributed by atoms with Crippen molar-refractivity contribution in [3.05, 3.63) is 35.2 Å². The van der Waals surface area contributed by atoms with Gasteiger partial charge in [0.2, 0.25) is 0 Å².